The Bertz CT molecular complexity index is 637. The summed E-state index contributed by atoms with van der Waals surface area (Å²) >= 11 is 0. The highest BCUT2D eigenvalue weighted by Gasteiger charge is 2.14. The van der Waals surface area contributed by atoms with Gasteiger partial charge in [0.25, 0.3) is 0 Å². The molecule has 0 radical (unpaired) electrons. The molecule has 4 nitrogen and oxygen atoms in total. The molecule has 1 aromatic carbocycles. The van der Waals surface area contributed by atoms with Crippen molar-refractivity contribution in [3.05, 3.63) is 53.3 Å². The fourth-order valence-corrected chi connectivity index (χ4v) is 2.34. The van der Waals surface area contributed by atoms with Crippen LogP contribution in [0.2, 0.25) is 0 Å². The number of pyridine rings is 1. The molecule has 1 aliphatic heterocycles. The standard InChI is InChI=1S/C15H15N3O/c16-13-4-5-17-9-12(13)8-15(19)11-1-2-14-10(7-11)3-6-18-14/h1-2,4-5,7,9,18H,3,6,8H2,(H2,16,17). The van der Waals surface area contributed by atoms with Crippen molar-refractivity contribution in [3.63, 3.8) is 0 Å². The molecule has 0 aliphatic carbocycles. The van der Waals surface area contributed by atoms with Gasteiger partial charge in [-0.15, -0.1) is 0 Å². The van der Waals surface area contributed by atoms with Crippen LogP contribution in [0.4, 0.5) is 11.4 Å². The molecule has 0 atom stereocenters. The Morgan fingerprint density at radius 3 is 3.11 bits per heavy atom. The number of nitrogens with two attached hydrogens (primary N) is 1. The van der Waals surface area contributed by atoms with Gasteiger partial charge in [-0.3, -0.25) is 9.78 Å². The number of anilines is 2. The summed E-state index contributed by atoms with van der Waals surface area (Å²) in [5.74, 6) is 0.0781. The topological polar surface area (TPSA) is 68.0 Å². The third kappa shape index (κ3) is 2.29. The lowest BCUT2D eigenvalue weighted by atomic mass is 10.0. The Labute approximate surface area is 111 Å². The molecule has 1 aromatic heterocycles. The number of nitrogens with zero attached hydrogens (tertiary/aromatic N) is 1. The minimum atomic E-state index is 0.0781. The molecule has 0 fully saturated rings. The second-order valence-corrected chi connectivity index (χ2v) is 4.72. The maximum absolute atomic E-state index is 12.3. The highest BCUT2D eigenvalue weighted by molar-refractivity contribution is 5.98. The van der Waals surface area contributed by atoms with Gasteiger partial charge in [0.2, 0.25) is 0 Å². The van der Waals surface area contributed by atoms with E-state index in [1.165, 1.54) is 5.56 Å². The largest absolute Gasteiger partial charge is 0.398 e. The predicted octanol–water partition coefficient (Wildman–Crippen LogP) is 2.06. The molecule has 2 heterocycles. The van der Waals surface area contributed by atoms with Gasteiger partial charge < -0.3 is 11.1 Å². The summed E-state index contributed by atoms with van der Waals surface area (Å²) in [6.45, 7) is 0.947. The summed E-state index contributed by atoms with van der Waals surface area (Å²) in [6.07, 6.45) is 4.56. The number of ketones is 1. The molecule has 3 N–H and O–H groups in total. The number of Topliss-reactive ketones (excluding diaryl/α,β-unsaturated/α-hetero) is 1. The molecule has 2 aromatic rings. The first-order valence-electron chi connectivity index (χ1n) is 6.32. The Morgan fingerprint density at radius 2 is 2.26 bits per heavy atom. The zero-order valence-corrected chi connectivity index (χ0v) is 10.5. The Hall–Kier alpha value is -2.36. The quantitative estimate of drug-likeness (QED) is 0.821. The summed E-state index contributed by atoms with van der Waals surface area (Å²) in [5, 5.41) is 3.28. The molecule has 0 amide bonds. The highest BCUT2D eigenvalue weighted by Crippen LogP contribution is 2.24. The van der Waals surface area contributed by atoms with Gasteiger partial charge in [0, 0.05) is 47.9 Å². The summed E-state index contributed by atoms with van der Waals surface area (Å²) in [5.41, 5.74) is 10.3. The molecule has 1 aliphatic rings. The number of rotatable bonds is 3. The molecule has 19 heavy (non-hydrogen) atoms. The summed E-state index contributed by atoms with van der Waals surface area (Å²) in [4.78, 5) is 16.3. The Kier molecular flexibility index (Phi) is 2.91. The van der Waals surface area contributed by atoms with E-state index in [9.17, 15) is 4.79 Å². The van der Waals surface area contributed by atoms with E-state index in [1.54, 1.807) is 18.5 Å². The van der Waals surface area contributed by atoms with Gasteiger partial charge in [0.05, 0.1) is 0 Å². The number of benzene rings is 1. The second kappa shape index (κ2) is 4.72. The lowest BCUT2D eigenvalue weighted by molar-refractivity contribution is 0.0993. The maximum atomic E-state index is 12.3. The van der Waals surface area contributed by atoms with Crippen LogP contribution in [0.3, 0.4) is 0 Å². The number of carbonyl (C=O) groups excluding carboxylic acids is 1. The molecule has 96 valence electrons. The molecule has 0 saturated carbocycles. The highest BCUT2D eigenvalue weighted by atomic mass is 16.1. The van der Waals surface area contributed by atoms with E-state index in [1.807, 2.05) is 18.2 Å². The Morgan fingerprint density at radius 1 is 1.37 bits per heavy atom. The van der Waals surface area contributed by atoms with Gasteiger partial charge in [-0.25, -0.2) is 0 Å². The summed E-state index contributed by atoms with van der Waals surface area (Å²) < 4.78 is 0. The van der Waals surface area contributed by atoms with E-state index >= 15 is 0 Å². The van der Waals surface area contributed by atoms with Gasteiger partial charge in [0.15, 0.2) is 5.78 Å². The lowest BCUT2D eigenvalue weighted by Gasteiger charge is -2.06. The molecular formula is C15H15N3O. The van der Waals surface area contributed by atoms with E-state index in [2.05, 4.69) is 10.3 Å². The van der Waals surface area contributed by atoms with Gasteiger partial charge >= 0.3 is 0 Å². The van der Waals surface area contributed by atoms with Crippen molar-refractivity contribution >= 4 is 17.2 Å². The summed E-state index contributed by atoms with van der Waals surface area (Å²) in [6, 6.07) is 7.54. The molecule has 3 rings (SSSR count). The van der Waals surface area contributed by atoms with Crippen LogP contribution in [0.5, 0.6) is 0 Å². The zero-order chi connectivity index (χ0) is 13.2. The van der Waals surface area contributed by atoms with Gasteiger partial charge in [0.1, 0.15) is 0 Å². The number of carbonyl (C=O) groups is 1. The van der Waals surface area contributed by atoms with E-state index in [0.29, 0.717) is 12.1 Å². The first-order chi connectivity index (χ1) is 9.24. The summed E-state index contributed by atoms with van der Waals surface area (Å²) in [7, 11) is 0. The first-order valence-corrected chi connectivity index (χ1v) is 6.32. The molecule has 4 heteroatoms. The van der Waals surface area contributed by atoms with Crippen molar-refractivity contribution in [2.24, 2.45) is 0 Å². The van der Waals surface area contributed by atoms with Crippen LogP contribution in [0.25, 0.3) is 0 Å². The van der Waals surface area contributed by atoms with E-state index in [-0.39, 0.29) is 5.78 Å². The predicted molar refractivity (Wildman–Crippen MR) is 75.3 cm³/mol. The van der Waals surface area contributed by atoms with Crippen molar-refractivity contribution in [2.45, 2.75) is 12.8 Å². The van der Waals surface area contributed by atoms with Gasteiger partial charge in [-0.05, 0) is 36.2 Å². The van der Waals surface area contributed by atoms with Crippen molar-refractivity contribution in [1.29, 1.82) is 0 Å². The fourth-order valence-electron chi connectivity index (χ4n) is 2.34. The van der Waals surface area contributed by atoms with E-state index < -0.39 is 0 Å². The fraction of sp³-hybridized carbons (Fsp3) is 0.200. The van der Waals surface area contributed by atoms with E-state index in [0.717, 1.165) is 29.8 Å². The molecular weight excluding hydrogens is 238 g/mol. The van der Waals surface area contributed by atoms with Crippen molar-refractivity contribution < 1.29 is 4.79 Å². The van der Waals surface area contributed by atoms with Crippen LogP contribution >= 0.6 is 0 Å². The average molecular weight is 253 g/mol. The van der Waals surface area contributed by atoms with Crippen molar-refractivity contribution in [3.8, 4) is 0 Å². The normalized spacial score (nSPS) is 12.8. The van der Waals surface area contributed by atoms with Gasteiger partial charge in [-0.1, -0.05) is 0 Å². The smallest absolute Gasteiger partial charge is 0.167 e. The van der Waals surface area contributed by atoms with Crippen LogP contribution in [-0.2, 0) is 12.8 Å². The Balaban J connectivity index is 1.83. The number of fused-ring (bicyclic) bond motifs is 1. The molecule has 0 saturated heterocycles. The SMILES string of the molecule is Nc1ccncc1CC(=O)c1ccc2c(c1)CCN2. The molecule has 0 spiro atoms. The van der Waals surface area contributed by atoms with E-state index in [4.69, 9.17) is 5.73 Å². The minimum absolute atomic E-state index is 0.0781. The minimum Gasteiger partial charge on any atom is -0.398 e. The van der Waals surface area contributed by atoms with Crippen LogP contribution in [0.15, 0.2) is 36.7 Å². The van der Waals surface area contributed by atoms with Crippen LogP contribution < -0.4 is 11.1 Å². The average Bonchev–Trinajstić information content (AvgIpc) is 2.88. The number of hydrogen-bond donors (Lipinski definition) is 2. The van der Waals surface area contributed by atoms with Crippen LogP contribution in [0.1, 0.15) is 21.5 Å². The lowest BCUT2D eigenvalue weighted by Crippen LogP contribution is -2.06. The monoisotopic (exact) mass is 253 g/mol. The van der Waals surface area contributed by atoms with Crippen LogP contribution in [-0.4, -0.2) is 17.3 Å². The van der Waals surface area contributed by atoms with Crippen LogP contribution in [0, 0.1) is 0 Å². The third-order valence-electron chi connectivity index (χ3n) is 3.43. The number of nitrogen functional groups attached to an aromatic ring is 1. The second-order valence-electron chi connectivity index (χ2n) is 4.72. The number of hydrogen-bond acceptors (Lipinski definition) is 4. The maximum Gasteiger partial charge on any atom is 0.167 e. The first kappa shape index (κ1) is 11.7. The number of aromatic nitrogens is 1. The van der Waals surface area contributed by atoms with Gasteiger partial charge in [-0.2, -0.15) is 0 Å². The molecule has 0 unspecified atom stereocenters. The number of nitrogens with one attached hydrogen (secondary N) is 1. The molecule has 0 bridgehead atoms. The van der Waals surface area contributed by atoms with Crippen molar-refractivity contribution in [2.75, 3.05) is 17.6 Å². The third-order valence-corrected chi connectivity index (χ3v) is 3.43. The van der Waals surface area contributed by atoms with Crippen molar-refractivity contribution in [1.82, 2.24) is 4.98 Å². The zero-order valence-electron chi connectivity index (χ0n) is 10.5.